The Kier molecular flexibility index (Phi) is 8.23. The van der Waals surface area contributed by atoms with Gasteiger partial charge in [-0.05, 0) is 67.8 Å². The molecule has 1 aliphatic rings. The second-order valence-electron chi connectivity index (χ2n) is 10.1. The first-order chi connectivity index (χ1) is 19.8. The number of nitrogens with one attached hydrogen (secondary N) is 2. The van der Waals surface area contributed by atoms with Gasteiger partial charge in [-0.3, -0.25) is 9.59 Å². The molecule has 0 unspecified atom stereocenters. The van der Waals surface area contributed by atoms with Crippen molar-refractivity contribution in [2.24, 2.45) is 0 Å². The van der Waals surface area contributed by atoms with Crippen molar-refractivity contribution in [3.8, 4) is 5.69 Å². The fourth-order valence-corrected chi connectivity index (χ4v) is 4.79. The van der Waals surface area contributed by atoms with Crippen molar-refractivity contribution in [1.29, 1.82) is 0 Å². The number of carbonyl (C=O) groups excluding carboxylic acids is 2. The van der Waals surface area contributed by atoms with E-state index in [2.05, 4.69) is 20.9 Å². The highest BCUT2D eigenvalue weighted by molar-refractivity contribution is 6.04. The summed E-state index contributed by atoms with van der Waals surface area (Å²) in [6.45, 7) is 1.93. The minimum Gasteiger partial charge on any atom is -0.379 e. The molecule has 0 aliphatic carbocycles. The van der Waals surface area contributed by atoms with Crippen LogP contribution in [0.25, 0.3) is 5.69 Å². The molecule has 9 nitrogen and oxygen atoms in total. The molecule has 0 bridgehead atoms. The molecule has 2 heterocycles. The molecular weight excluding hydrogens is 528 g/mol. The van der Waals surface area contributed by atoms with Gasteiger partial charge in [0.05, 0.1) is 24.0 Å². The minimum atomic E-state index is -0.828. The molecule has 0 radical (unpaired) electrons. The van der Waals surface area contributed by atoms with Crippen molar-refractivity contribution in [2.45, 2.75) is 25.8 Å². The van der Waals surface area contributed by atoms with Crippen molar-refractivity contribution in [3.63, 3.8) is 0 Å². The summed E-state index contributed by atoms with van der Waals surface area (Å²) in [5, 5.41) is 14.4. The normalized spacial score (nSPS) is 13.1. The Morgan fingerprint density at radius 1 is 0.927 bits per heavy atom. The number of aromatic nitrogens is 3. The quantitative estimate of drug-likeness (QED) is 0.312. The number of carbonyl (C=O) groups is 2. The maximum Gasteiger partial charge on any atom is 0.256 e. The van der Waals surface area contributed by atoms with Crippen LogP contribution in [-0.4, -0.2) is 58.9 Å². The topological polar surface area (TPSA) is 95.4 Å². The Morgan fingerprint density at radius 2 is 1.68 bits per heavy atom. The van der Waals surface area contributed by atoms with E-state index in [1.165, 1.54) is 0 Å². The van der Waals surface area contributed by atoms with Crippen LogP contribution in [0.3, 0.4) is 0 Å². The maximum absolute atomic E-state index is 13.5. The average molecular weight is 560 g/mol. The summed E-state index contributed by atoms with van der Waals surface area (Å²) in [4.78, 5) is 29.7. The van der Waals surface area contributed by atoms with Crippen LogP contribution in [0.2, 0.25) is 0 Å². The van der Waals surface area contributed by atoms with Crippen molar-refractivity contribution in [2.75, 3.05) is 42.7 Å². The predicted octanol–water partition coefficient (Wildman–Crippen LogP) is 5.10. The SMILES string of the molecule is CN(C)c1ccc(NCc2cn(-c3cccc(NC(=O)c4cc(F)cc(F)c4)c3)nn2)cc1C(=O)N1CCCCC1. The van der Waals surface area contributed by atoms with Gasteiger partial charge < -0.3 is 20.4 Å². The van der Waals surface area contributed by atoms with E-state index < -0.39 is 17.5 Å². The van der Waals surface area contributed by atoms with Crippen LogP contribution in [0.5, 0.6) is 0 Å². The molecule has 2 amide bonds. The Morgan fingerprint density at radius 3 is 2.41 bits per heavy atom. The monoisotopic (exact) mass is 559 g/mol. The van der Waals surface area contributed by atoms with Gasteiger partial charge >= 0.3 is 0 Å². The van der Waals surface area contributed by atoms with Gasteiger partial charge in [0.25, 0.3) is 11.8 Å². The fourth-order valence-electron chi connectivity index (χ4n) is 4.79. The van der Waals surface area contributed by atoms with E-state index >= 15 is 0 Å². The number of hydrogen-bond donors (Lipinski definition) is 2. The van der Waals surface area contributed by atoms with Crippen LogP contribution in [0.15, 0.2) is 66.9 Å². The van der Waals surface area contributed by atoms with Gasteiger partial charge in [-0.15, -0.1) is 5.10 Å². The molecule has 5 rings (SSSR count). The molecule has 1 aliphatic heterocycles. The van der Waals surface area contributed by atoms with E-state index in [-0.39, 0.29) is 11.5 Å². The summed E-state index contributed by atoms with van der Waals surface area (Å²) in [6.07, 6.45) is 4.96. The lowest BCUT2D eigenvalue weighted by Gasteiger charge is -2.28. The molecule has 11 heteroatoms. The minimum absolute atomic E-state index is 0.0394. The predicted molar refractivity (Wildman–Crippen MR) is 154 cm³/mol. The molecule has 3 aromatic carbocycles. The van der Waals surface area contributed by atoms with E-state index in [9.17, 15) is 18.4 Å². The molecule has 2 N–H and O–H groups in total. The number of hydrogen-bond acceptors (Lipinski definition) is 6. The molecule has 1 fully saturated rings. The van der Waals surface area contributed by atoms with E-state index in [1.54, 1.807) is 35.1 Å². The lowest BCUT2D eigenvalue weighted by molar-refractivity contribution is 0.0725. The van der Waals surface area contributed by atoms with Crippen molar-refractivity contribution < 1.29 is 18.4 Å². The zero-order valence-electron chi connectivity index (χ0n) is 22.9. The largest absolute Gasteiger partial charge is 0.379 e. The van der Waals surface area contributed by atoms with Crippen LogP contribution >= 0.6 is 0 Å². The van der Waals surface area contributed by atoms with Crippen LogP contribution in [0.4, 0.5) is 25.8 Å². The Hall–Kier alpha value is -4.80. The number of likely N-dealkylation sites (tertiary alicyclic amines) is 1. The number of rotatable bonds is 8. The van der Waals surface area contributed by atoms with Crippen molar-refractivity contribution >= 4 is 28.9 Å². The summed E-state index contributed by atoms with van der Waals surface area (Å²) < 4.78 is 28.6. The molecule has 212 valence electrons. The van der Waals surface area contributed by atoms with Crippen LogP contribution in [-0.2, 0) is 6.54 Å². The number of anilines is 3. The van der Waals surface area contributed by atoms with Gasteiger partial charge in [0.1, 0.15) is 17.3 Å². The lowest BCUT2D eigenvalue weighted by Crippen LogP contribution is -2.36. The average Bonchev–Trinajstić information content (AvgIpc) is 3.45. The van der Waals surface area contributed by atoms with Crippen LogP contribution < -0.4 is 15.5 Å². The summed E-state index contributed by atoms with van der Waals surface area (Å²) in [5.74, 6) is -2.25. The highest BCUT2D eigenvalue weighted by Crippen LogP contribution is 2.26. The summed E-state index contributed by atoms with van der Waals surface area (Å²) in [6, 6.07) is 15.3. The second kappa shape index (κ2) is 12.2. The molecule has 1 aromatic heterocycles. The van der Waals surface area contributed by atoms with Gasteiger partial charge in [0.15, 0.2) is 0 Å². The van der Waals surface area contributed by atoms with Gasteiger partial charge in [-0.25, -0.2) is 13.5 Å². The summed E-state index contributed by atoms with van der Waals surface area (Å²) in [7, 11) is 3.85. The summed E-state index contributed by atoms with van der Waals surface area (Å²) in [5.41, 5.74) is 3.92. The van der Waals surface area contributed by atoms with Gasteiger partial charge in [0.2, 0.25) is 0 Å². The number of amides is 2. The van der Waals surface area contributed by atoms with Crippen LogP contribution in [0, 0.1) is 11.6 Å². The first-order valence-electron chi connectivity index (χ1n) is 13.4. The third-order valence-corrected chi connectivity index (χ3v) is 6.86. The number of halogens is 2. The molecule has 41 heavy (non-hydrogen) atoms. The number of benzene rings is 3. The fraction of sp³-hybridized carbons (Fsp3) is 0.267. The summed E-state index contributed by atoms with van der Waals surface area (Å²) >= 11 is 0. The molecular formula is C30H31F2N7O2. The van der Waals surface area contributed by atoms with Crippen molar-refractivity contribution in [1.82, 2.24) is 19.9 Å². The standard InChI is InChI=1S/C30H31F2N7O2/c1-37(2)28-10-9-23(17-27(28)30(41)38-11-4-3-5-12-38)33-18-25-19-39(36-35-25)26-8-6-7-24(16-26)34-29(40)20-13-21(31)15-22(32)14-20/h6-10,13-17,19,33H,3-5,11-12,18H2,1-2H3,(H,34,40). The first-order valence-corrected chi connectivity index (χ1v) is 13.4. The molecule has 4 aromatic rings. The zero-order chi connectivity index (χ0) is 28.9. The van der Waals surface area contributed by atoms with E-state index in [0.717, 1.165) is 55.9 Å². The van der Waals surface area contributed by atoms with E-state index in [0.29, 0.717) is 35.2 Å². The molecule has 1 saturated heterocycles. The Labute approximate surface area is 236 Å². The third kappa shape index (κ3) is 6.68. The number of piperidine rings is 1. The van der Waals surface area contributed by atoms with Gasteiger partial charge in [-0.1, -0.05) is 11.3 Å². The smallest absolute Gasteiger partial charge is 0.256 e. The van der Waals surface area contributed by atoms with Gasteiger partial charge in [-0.2, -0.15) is 0 Å². The lowest BCUT2D eigenvalue weighted by atomic mass is 10.1. The van der Waals surface area contributed by atoms with E-state index in [1.807, 2.05) is 42.1 Å². The molecule has 0 saturated carbocycles. The van der Waals surface area contributed by atoms with E-state index in [4.69, 9.17) is 0 Å². The Balaban J connectivity index is 1.26. The maximum atomic E-state index is 13.5. The second-order valence-corrected chi connectivity index (χ2v) is 10.1. The number of nitrogens with zero attached hydrogens (tertiary/aromatic N) is 5. The van der Waals surface area contributed by atoms with Gasteiger partial charge in [0, 0.05) is 55.9 Å². The highest BCUT2D eigenvalue weighted by atomic mass is 19.1. The Bertz CT molecular complexity index is 1540. The molecule has 0 spiro atoms. The van der Waals surface area contributed by atoms with Crippen molar-refractivity contribution in [3.05, 3.63) is 95.3 Å². The highest BCUT2D eigenvalue weighted by Gasteiger charge is 2.22. The zero-order valence-corrected chi connectivity index (χ0v) is 22.9. The third-order valence-electron chi connectivity index (χ3n) is 6.86. The van der Waals surface area contributed by atoms with Crippen LogP contribution in [0.1, 0.15) is 45.7 Å². The first kappa shape index (κ1) is 27.8. The molecule has 0 atom stereocenters.